The van der Waals surface area contributed by atoms with Crippen molar-refractivity contribution in [3.63, 3.8) is 0 Å². The van der Waals surface area contributed by atoms with E-state index in [0.717, 1.165) is 12.1 Å². The van der Waals surface area contributed by atoms with Gasteiger partial charge in [-0.05, 0) is 55.0 Å². The van der Waals surface area contributed by atoms with Gasteiger partial charge in [-0.25, -0.2) is 4.68 Å². The summed E-state index contributed by atoms with van der Waals surface area (Å²) in [5.41, 5.74) is 0.866. The maximum Gasteiger partial charge on any atom is 0.416 e. The molecule has 0 atom stereocenters. The molecule has 0 saturated carbocycles. The molecule has 4 rings (SSSR count). The first kappa shape index (κ1) is 22.8. The van der Waals surface area contributed by atoms with Gasteiger partial charge in [0.25, 0.3) is 11.8 Å². The molecule has 0 fully saturated rings. The van der Waals surface area contributed by atoms with Crippen LogP contribution in [-0.4, -0.2) is 33.2 Å². The minimum Gasteiger partial charge on any atom is -0.355 e. The number of nitrogens with one attached hydrogen (secondary N) is 2. The summed E-state index contributed by atoms with van der Waals surface area (Å²) < 4.78 is 42.6. The number of hydrogen-bond donors (Lipinski definition) is 2. The quantitative estimate of drug-likeness (QED) is 0.450. The van der Waals surface area contributed by atoms with Gasteiger partial charge in [-0.2, -0.15) is 18.3 Å². The van der Waals surface area contributed by atoms with Crippen LogP contribution in [0.5, 0.6) is 0 Å². The van der Waals surface area contributed by atoms with Crippen molar-refractivity contribution >= 4 is 17.5 Å². The van der Waals surface area contributed by atoms with Crippen molar-refractivity contribution in [2.45, 2.75) is 13.1 Å². The molecule has 2 aromatic carbocycles. The summed E-state index contributed by atoms with van der Waals surface area (Å²) in [7, 11) is 1.51. The van der Waals surface area contributed by atoms with E-state index in [1.807, 2.05) is 0 Å². The molecule has 4 aromatic rings. The van der Waals surface area contributed by atoms with Gasteiger partial charge < -0.3 is 15.2 Å². The number of carbonyl (C=O) groups excluding carboxylic acids is 2. The number of carbonyl (C=O) groups is 2. The van der Waals surface area contributed by atoms with E-state index in [1.165, 1.54) is 30.1 Å². The SMILES string of the molecule is CNC(=O)c1cccc(NC(=O)c2cnn(-c3cccc(C(F)(F)F)c3)c2-n2cccc2)c1C. The van der Waals surface area contributed by atoms with Crippen molar-refractivity contribution < 1.29 is 22.8 Å². The Bertz CT molecular complexity index is 1360. The van der Waals surface area contributed by atoms with E-state index in [-0.39, 0.29) is 23.0 Å². The molecular formula is C24H20F3N5O2. The molecule has 2 heterocycles. The average molecular weight is 467 g/mol. The van der Waals surface area contributed by atoms with Crippen molar-refractivity contribution in [3.8, 4) is 11.5 Å². The van der Waals surface area contributed by atoms with Crippen LogP contribution in [0.15, 0.2) is 73.2 Å². The Kier molecular flexibility index (Phi) is 5.97. The van der Waals surface area contributed by atoms with Crippen molar-refractivity contribution in [2.24, 2.45) is 0 Å². The molecule has 2 aromatic heterocycles. The fraction of sp³-hybridized carbons (Fsp3) is 0.125. The molecule has 174 valence electrons. The topological polar surface area (TPSA) is 81.0 Å². The first-order valence-electron chi connectivity index (χ1n) is 10.2. The third-order valence-corrected chi connectivity index (χ3v) is 5.31. The van der Waals surface area contributed by atoms with Gasteiger partial charge in [0.15, 0.2) is 5.82 Å². The van der Waals surface area contributed by atoms with E-state index in [9.17, 15) is 22.8 Å². The lowest BCUT2D eigenvalue weighted by molar-refractivity contribution is -0.137. The fourth-order valence-electron chi connectivity index (χ4n) is 3.57. The summed E-state index contributed by atoms with van der Waals surface area (Å²) in [6.45, 7) is 1.71. The highest BCUT2D eigenvalue weighted by Gasteiger charge is 2.31. The Morgan fingerprint density at radius 1 is 0.941 bits per heavy atom. The third-order valence-electron chi connectivity index (χ3n) is 5.31. The summed E-state index contributed by atoms with van der Waals surface area (Å²) >= 11 is 0. The second kappa shape index (κ2) is 8.89. The Morgan fingerprint density at radius 3 is 2.32 bits per heavy atom. The van der Waals surface area contributed by atoms with E-state index in [1.54, 1.807) is 54.2 Å². The smallest absolute Gasteiger partial charge is 0.355 e. The normalized spacial score (nSPS) is 11.3. The summed E-state index contributed by atoms with van der Waals surface area (Å²) in [5, 5.41) is 9.55. The first-order valence-corrected chi connectivity index (χ1v) is 10.2. The van der Waals surface area contributed by atoms with Crippen LogP contribution in [0.1, 0.15) is 31.8 Å². The Balaban J connectivity index is 1.77. The van der Waals surface area contributed by atoms with Crippen LogP contribution < -0.4 is 10.6 Å². The van der Waals surface area contributed by atoms with E-state index in [4.69, 9.17) is 0 Å². The molecule has 0 aliphatic rings. The van der Waals surface area contributed by atoms with Crippen LogP contribution in [0.3, 0.4) is 0 Å². The Morgan fingerprint density at radius 2 is 1.65 bits per heavy atom. The molecule has 2 N–H and O–H groups in total. The predicted octanol–water partition coefficient (Wildman–Crippen LogP) is 4.60. The molecule has 34 heavy (non-hydrogen) atoms. The largest absolute Gasteiger partial charge is 0.416 e. The van der Waals surface area contributed by atoms with Crippen LogP contribution in [0, 0.1) is 6.92 Å². The zero-order valence-corrected chi connectivity index (χ0v) is 18.2. The number of hydrogen-bond acceptors (Lipinski definition) is 3. The minimum absolute atomic E-state index is 0.137. The van der Waals surface area contributed by atoms with Gasteiger partial charge in [-0.15, -0.1) is 0 Å². The average Bonchev–Trinajstić information content (AvgIpc) is 3.49. The number of halogens is 3. The van der Waals surface area contributed by atoms with E-state index in [2.05, 4.69) is 15.7 Å². The summed E-state index contributed by atoms with van der Waals surface area (Å²) in [6, 6.07) is 13.1. The standard InChI is InChI=1S/C24H20F3N5O2/c1-15-18(21(33)28-2)9-6-10-20(15)30-22(34)19-14-29-32(23(19)31-11-3-4-12-31)17-8-5-7-16(13-17)24(25,26)27/h3-14H,1-2H3,(H,28,33)(H,30,34). The molecule has 0 bridgehead atoms. The number of anilines is 1. The van der Waals surface area contributed by atoms with E-state index < -0.39 is 17.6 Å². The monoisotopic (exact) mass is 467 g/mol. The molecule has 0 aliphatic heterocycles. The number of nitrogens with zero attached hydrogens (tertiary/aromatic N) is 3. The zero-order valence-electron chi connectivity index (χ0n) is 18.2. The number of benzene rings is 2. The van der Waals surface area contributed by atoms with Crippen molar-refractivity contribution in [1.82, 2.24) is 19.7 Å². The highest BCUT2D eigenvalue weighted by atomic mass is 19.4. The van der Waals surface area contributed by atoms with E-state index in [0.29, 0.717) is 16.8 Å². The molecule has 10 heteroatoms. The highest BCUT2D eigenvalue weighted by Crippen LogP contribution is 2.31. The van der Waals surface area contributed by atoms with E-state index >= 15 is 0 Å². The lowest BCUT2D eigenvalue weighted by atomic mass is 10.1. The van der Waals surface area contributed by atoms with Gasteiger partial charge in [-0.1, -0.05) is 12.1 Å². The number of aromatic nitrogens is 3. The van der Waals surface area contributed by atoms with Gasteiger partial charge in [0.1, 0.15) is 5.56 Å². The predicted molar refractivity (Wildman–Crippen MR) is 120 cm³/mol. The van der Waals surface area contributed by atoms with Crippen LogP contribution in [0.25, 0.3) is 11.5 Å². The second-order valence-corrected chi connectivity index (χ2v) is 7.44. The van der Waals surface area contributed by atoms with Crippen LogP contribution >= 0.6 is 0 Å². The van der Waals surface area contributed by atoms with Gasteiger partial charge >= 0.3 is 6.18 Å². The summed E-state index contributed by atoms with van der Waals surface area (Å²) in [4.78, 5) is 25.3. The lowest BCUT2D eigenvalue weighted by Gasteiger charge is -2.14. The Labute approximate surface area is 192 Å². The number of alkyl halides is 3. The second-order valence-electron chi connectivity index (χ2n) is 7.44. The lowest BCUT2D eigenvalue weighted by Crippen LogP contribution is -2.20. The van der Waals surface area contributed by atoms with Crippen molar-refractivity contribution in [2.75, 3.05) is 12.4 Å². The number of rotatable bonds is 5. The fourth-order valence-corrected chi connectivity index (χ4v) is 3.57. The van der Waals surface area contributed by atoms with Crippen LogP contribution in [0.4, 0.5) is 18.9 Å². The molecule has 0 radical (unpaired) electrons. The number of amides is 2. The van der Waals surface area contributed by atoms with Gasteiger partial charge in [0, 0.05) is 30.7 Å². The van der Waals surface area contributed by atoms with Gasteiger partial charge in [0.05, 0.1) is 17.4 Å². The van der Waals surface area contributed by atoms with Crippen LogP contribution in [-0.2, 0) is 6.18 Å². The molecule has 2 amide bonds. The minimum atomic E-state index is -4.52. The molecule has 0 aliphatic carbocycles. The maximum absolute atomic E-state index is 13.3. The van der Waals surface area contributed by atoms with Gasteiger partial charge in [-0.3, -0.25) is 9.59 Å². The third kappa shape index (κ3) is 4.29. The van der Waals surface area contributed by atoms with Gasteiger partial charge in [0.2, 0.25) is 0 Å². The molecular weight excluding hydrogens is 447 g/mol. The molecule has 7 nitrogen and oxygen atoms in total. The molecule has 0 spiro atoms. The van der Waals surface area contributed by atoms with Crippen molar-refractivity contribution in [3.05, 3.63) is 95.4 Å². The Hall–Kier alpha value is -4.34. The highest BCUT2D eigenvalue weighted by molar-refractivity contribution is 6.07. The zero-order chi connectivity index (χ0) is 24.5. The van der Waals surface area contributed by atoms with Crippen molar-refractivity contribution in [1.29, 1.82) is 0 Å². The summed E-state index contributed by atoms with van der Waals surface area (Å²) in [6.07, 6.45) is 0.0951. The first-order chi connectivity index (χ1) is 16.2. The van der Waals surface area contributed by atoms with Crippen LogP contribution in [0.2, 0.25) is 0 Å². The molecule has 0 unspecified atom stereocenters. The molecule has 0 saturated heterocycles. The summed E-state index contributed by atoms with van der Waals surface area (Å²) in [5.74, 6) is -0.556. The maximum atomic E-state index is 13.3.